The standard InChI is InChI=1S/C24H35NO/c1-2-3-7-15-24(26)16-11-5-4-8-12-21-17-19-23(20-18-21)25-22-13-9-6-10-14-22/h6,9-10,13-14,17-20,24-26H,2-5,7-8,11-12,15-16H2,1H3. The first-order valence-corrected chi connectivity index (χ1v) is 10.4. The smallest absolute Gasteiger partial charge is 0.0540 e. The summed E-state index contributed by atoms with van der Waals surface area (Å²) in [5.74, 6) is 0. The first-order valence-electron chi connectivity index (χ1n) is 10.4. The van der Waals surface area contributed by atoms with E-state index in [-0.39, 0.29) is 6.10 Å². The quantitative estimate of drug-likeness (QED) is 0.385. The van der Waals surface area contributed by atoms with E-state index in [2.05, 4.69) is 48.6 Å². The number of rotatable bonds is 13. The second kappa shape index (κ2) is 12.5. The van der Waals surface area contributed by atoms with Gasteiger partial charge in [-0.05, 0) is 55.5 Å². The molecule has 0 saturated carbocycles. The largest absolute Gasteiger partial charge is 0.393 e. The Hall–Kier alpha value is -1.80. The van der Waals surface area contributed by atoms with E-state index in [1.54, 1.807) is 0 Å². The molecule has 0 radical (unpaired) electrons. The van der Waals surface area contributed by atoms with Crippen LogP contribution in [0.2, 0.25) is 0 Å². The molecule has 2 N–H and O–H groups in total. The third-order valence-electron chi connectivity index (χ3n) is 4.91. The van der Waals surface area contributed by atoms with E-state index in [0.29, 0.717) is 0 Å². The first-order chi connectivity index (χ1) is 12.8. The lowest BCUT2D eigenvalue weighted by atomic mass is 10.0. The molecule has 1 unspecified atom stereocenters. The summed E-state index contributed by atoms with van der Waals surface area (Å²) >= 11 is 0. The Labute approximate surface area is 159 Å². The number of benzene rings is 2. The highest BCUT2D eigenvalue weighted by Gasteiger charge is 2.03. The molecule has 142 valence electrons. The third-order valence-corrected chi connectivity index (χ3v) is 4.91. The van der Waals surface area contributed by atoms with E-state index >= 15 is 0 Å². The molecule has 0 spiro atoms. The summed E-state index contributed by atoms with van der Waals surface area (Å²) in [4.78, 5) is 0. The van der Waals surface area contributed by atoms with Crippen molar-refractivity contribution >= 4 is 11.4 Å². The first kappa shape index (κ1) is 20.5. The number of aliphatic hydroxyl groups is 1. The van der Waals surface area contributed by atoms with Crippen molar-refractivity contribution in [1.29, 1.82) is 0 Å². The van der Waals surface area contributed by atoms with Crippen molar-refractivity contribution in [1.82, 2.24) is 0 Å². The normalized spacial score (nSPS) is 12.1. The van der Waals surface area contributed by atoms with Crippen LogP contribution in [-0.4, -0.2) is 11.2 Å². The number of nitrogens with one attached hydrogen (secondary N) is 1. The minimum absolute atomic E-state index is 0.0776. The van der Waals surface area contributed by atoms with Gasteiger partial charge in [-0.3, -0.25) is 0 Å². The summed E-state index contributed by atoms with van der Waals surface area (Å²) in [6.07, 6.45) is 11.6. The van der Waals surface area contributed by atoms with Crippen molar-refractivity contribution in [3.05, 3.63) is 60.2 Å². The van der Waals surface area contributed by atoms with E-state index in [1.165, 1.54) is 44.1 Å². The number of para-hydroxylation sites is 1. The molecule has 0 aliphatic heterocycles. The molecule has 0 aromatic heterocycles. The fraction of sp³-hybridized carbons (Fsp3) is 0.500. The number of hydrogen-bond donors (Lipinski definition) is 2. The molecule has 1 atom stereocenters. The predicted octanol–water partition coefficient (Wildman–Crippen LogP) is 6.86. The van der Waals surface area contributed by atoms with Crippen LogP contribution in [0.4, 0.5) is 11.4 Å². The maximum absolute atomic E-state index is 9.94. The number of unbranched alkanes of at least 4 members (excludes halogenated alkanes) is 5. The molecule has 2 rings (SSSR count). The van der Waals surface area contributed by atoms with Crippen LogP contribution < -0.4 is 5.32 Å². The number of aliphatic hydroxyl groups excluding tert-OH is 1. The fourth-order valence-corrected chi connectivity index (χ4v) is 3.28. The lowest BCUT2D eigenvalue weighted by molar-refractivity contribution is 0.147. The highest BCUT2D eigenvalue weighted by Crippen LogP contribution is 2.18. The van der Waals surface area contributed by atoms with Gasteiger partial charge in [-0.1, -0.05) is 75.8 Å². The van der Waals surface area contributed by atoms with E-state index in [0.717, 1.165) is 37.1 Å². The Bertz CT molecular complexity index is 579. The van der Waals surface area contributed by atoms with Crippen LogP contribution in [0.25, 0.3) is 0 Å². The van der Waals surface area contributed by atoms with Crippen LogP contribution in [-0.2, 0) is 6.42 Å². The lowest BCUT2D eigenvalue weighted by Crippen LogP contribution is -2.05. The summed E-state index contributed by atoms with van der Waals surface area (Å²) in [5, 5.41) is 13.4. The Morgan fingerprint density at radius 3 is 2.04 bits per heavy atom. The molecule has 0 aliphatic carbocycles. The van der Waals surface area contributed by atoms with Crippen LogP contribution in [0, 0.1) is 0 Å². The Kier molecular flexibility index (Phi) is 9.89. The molecule has 2 aromatic carbocycles. The monoisotopic (exact) mass is 353 g/mol. The Balaban J connectivity index is 1.56. The molecule has 0 bridgehead atoms. The predicted molar refractivity (Wildman–Crippen MR) is 113 cm³/mol. The molecule has 2 nitrogen and oxygen atoms in total. The topological polar surface area (TPSA) is 32.3 Å². The van der Waals surface area contributed by atoms with Crippen molar-refractivity contribution in [2.75, 3.05) is 5.32 Å². The summed E-state index contributed by atoms with van der Waals surface area (Å²) in [6.45, 7) is 2.21. The SMILES string of the molecule is CCCCCC(O)CCCCCCc1ccc(Nc2ccccc2)cc1. The van der Waals surface area contributed by atoms with Crippen LogP contribution in [0.3, 0.4) is 0 Å². The van der Waals surface area contributed by atoms with Gasteiger partial charge >= 0.3 is 0 Å². The number of anilines is 2. The Morgan fingerprint density at radius 2 is 1.35 bits per heavy atom. The van der Waals surface area contributed by atoms with Crippen molar-refractivity contribution in [2.24, 2.45) is 0 Å². The van der Waals surface area contributed by atoms with E-state index in [1.807, 2.05) is 18.2 Å². The summed E-state index contributed by atoms with van der Waals surface area (Å²) < 4.78 is 0. The maximum atomic E-state index is 9.94. The van der Waals surface area contributed by atoms with Crippen molar-refractivity contribution in [3.63, 3.8) is 0 Å². The molecule has 0 heterocycles. The number of aryl methyl sites for hydroxylation is 1. The number of hydrogen-bond acceptors (Lipinski definition) is 2. The zero-order valence-corrected chi connectivity index (χ0v) is 16.3. The van der Waals surface area contributed by atoms with Gasteiger partial charge < -0.3 is 10.4 Å². The van der Waals surface area contributed by atoms with Crippen molar-refractivity contribution in [3.8, 4) is 0 Å². The molecule has 0 aliphatic rings. The van der Waals surface area contributed by atoms with Crippen molar-refractivity contribution in [2.45, 2.75) is 77.2 Å². The second-order valence-corrected chi connectivity index (χ2v) is 7.29. The maximum Gasteiger partial charge on any atom is 0.0540 e. The minimum Gasteiger partial charge on any atom is -0.393 e. The van der Waals surface area contributed by atoms with Gasteiger partial charge in [-0.15, -0.1) is 0 Å². The summed E-state index contributed by atoms with van der Waals surface area (Å²) in [5.41, 5.74) is 3.66. The summed E-state index contributed by atoms with van der Waals surface area (Å²) in [7, 11) is 0. The van der Waals surface area contributed by atoms with Gasteiger partial charge in [-0.2, -0.15) is 0 Å². The second-order valence-electron chi connectivity index (χ2n) is 7.29. The fourth-order valence-electron chi connectivity index (χ4n) is 3.28. The van der Waals surface area contributed by atoms with Gasteiger partial charge in [-0.25, -0.2) is 0 Å². The Morgan fingerprint density at radius 1 is 0.731 bits per heavy atom. The highest BCUT2D eigenvalue weighted by molar-refractivity contribution is 5.59. The van der Waals surface area contributed by atoms with E-state index < -0.39 is 0 Å². The zero-order chi connectivity index (χ0) is 18.5. The molecule has 0 fully saturated rings. The van der Waals surface area contributed by atoms with Gasteiger partial charge in [0.2, 0.25) is 0 Å². The molecular formula is C24H35NO. The van der Waals surface area contributed by atoms with Gasteiger partial charge in [0.25, 0.3) is 0 Å². The molecular weight excluding hydrogens is 318 g/mol. The van der Waals surface area contributed by atoms with Gasteiger partial charge in [0, 0.05) is 11.4 Å². The molecule has 2 aromatic rings. The van der Waals surface area contributed by atoms with Crippen molar-refractivity contribution < 1.29 is 5.11 Å². The summed E-state index contributed by atoms with van der Waals surface area (Å²) in [6, 6.07) is 19.0. The van der Waals surface area contributed by atoms with E-state index in [9.17, 15) is 5.11 Å². The molecule has 0 amide bonds. The average Bonchev–Trinajstić information content (AvgIpc) is 2.67. The molecule has 0 saturated heterocycles. The van der Waals surface area contributed by atoms with Gasteiger partial charge in [0.05, 0.1) is 6.10 Å². The molecule has 26 heavy (non-hydrogen) atoms. The zero-order valence-electron chi connectivity index (χ0n) is 16.3. The highest BCUT2D eigenvalue weighted by atomic mass is 16.3. The minimum atomic E-state index is -0.0776. The van der Waals surface area contributed by atoms with E-state index in [4.69, 9.17) is 0 Å². The van der Waals surface area contributed by atoms with Crippen LogP contribution >= 0.6 is 0 Å². The molecule has 2 heteroatoms. The van der Waals surface area contributed by atoms with Crippen LogP contribution in [0.1, 0.15) is 70.3 Å². The van der Waals surface area contributed by atoms with Gasteiger partial charge in [0.1, 0.15) is 0 Å². The van der Waals surface area contributed by atoms with Gasteiger partial charge in [0.15, 0.2) is 0 Å². The van der Waals surface area contributed by atoms with Crippen LogP contribution in [0.5, 0.6) is 0 Å². The third kappa shape index (κ3) is 8.53. The average molecular weight is 354 g/mol. The van der Waals surface area contributed by atoms with Crippen LogP contribution in [0.15, 0.2) is 54.6 Å². The lowest BCUT2D eigenvalue weighted by Gasteiger charge is -2.10.